The molecule has 0 aliphatic rings. The summed E-state index contributed by atoms with van der Waals surface area (Å²) in [6.07, 6.45) is 2.55. The second-order valence-electron chi connectivity index (χ2n) is 5.61. The molecule has 3 aromatic rings. The molecule has 2 aromatic heterocycles. The van der Waals surface area contributed by atoms with Crippen LogP contribution in [-0.4, -0.2) is 32.2 Å². The number of nitrogens with zero attached hydrogens (tertiary/aromatic N) is 3. The van der Waals surface area contributed by atoms with E-state index in [0.29, 0.717) is 12.1 Å². The van der Waals surface area contributed by atoms with Crippen molar-refractivity contribution >= 4 is 17.2 Å². The first kappa shape index (κ1) is 16.4. The lowest BCUT2D eigenvalue weighted by molar-refractivity contribution is 0.0609. The summed E-state index contributed by atoms with van der Waals surface area (Å²) in [5, 5.41) is 16.4. The Labute approximate surface area is 144 Å². The Kier molecular flexibility index (Phi) is 5.08. The van der Waals surface area contributed by atoms with Crippen LogP contribution in [0.4, 0.5) is 0 Å². The molecule has 0 aliphatic heterocycles. The molecule has 0 bridgehead atoms. The van der Waals surface area contributed by atoms with Gasteiger partial charge in [0.2, 0.25) is 0 Å². The van der Waals surface area contributed by atoms with Gasteiger partial charge in [0.05, 0.1) is 18.3 Å². The number of hydrogen-bond donors (Lipinski definition) is 1. The third kappa shape index (κ3) is 3.90. The van der Waals surface area contributed by atoms with Crippen molar-refractivity contribution in [2.45, 2.75) is 12.6 Å². The summed E-state index contributed by atoms with van der Waals surface area (Å²) in [5.41, 5.74) is 1.54. The molecule has 0 fully saturated rings. The molecule has 0 saturated carbocycles. The second-order valence-corrected chi connectivity index (χ2v) is 6.58. The SMILES string of the molecule is Cn1cc(C(=O)N(Cc2ccccc2)C[C@H](O)c2cccs2)cn1. The number of amides is 1. The van der Waals surface area contributed by atoms with Gasteiger partial charge in [0.15, 0.2) is 0 Å². The quantitative estimate of drug-likeness (QED) is 0.750. The minimum Gasteiger partial charge on any atom is -0.386 e. The third-order valence-electron chi connectivity index (χ3n) is 3.72. The van der Waals surface area contributed by atoms with Gasteiger partial charge in [0.1, 0.15) is 6.10 Å². The summed E-state index contributed by atoms with van der Waals surface area (Å²) in [6.45, 7) is 0.681. The number of aromatic nitrogens is 2. The van der Waals surface area contributed by atoms with Gasteiger partial charge in [-0.05, 0) is 17.0 Å². The highest BCUT2D eigenvalue weighted by atomic mass is 32.1. The summed E-state index contributed by atoms with van der Waals surface area (Å²) < 4.78 is 1.60. The smallest absolute Gasteiger partial charge is 0.257 e. The lowest BCUT2D eigenvalue weighted by atomic mass is 10.1. The Morgan fingerprint density at radius 2 is 2.08 bits per heavy atom. The van der Waals surface area contributed by atoms with Crippen LogP contribution >= 0.6 is 11.3 Å². The summed E-state index contributed by atoms with van der Waals surface area (Å²) in [7, 11) is 1.78. The number of aryl methyl sites for hydroxylation is 1. The normalized spacial score (nSPS) is 12.1. The highest BCUT2D eigenvalue weighted by Crippen LogP contribution is 2.21. The van der Waals surface area contributed by atoms with E-state index in [1.54, 1.807) is 29.0 Å². The number of carbonyl (C=O) groups excluding carboxylic acids is 1. The number of aliphatic hydroxyl groups excluding tert-OH is 1. The Morgan fingerprint density at radius 3 is 2.71 bits per heavy atom. The summed E-state index contributed by atoms with van der Waals surface area (Å²) >= 11 is 1.49. The molecule has 124 valence electrons. The fourth-order valence-electron chi connectivity index (χ4n) is 2.52. The molecule has 5 nitrogen and oxygen atoms in total. The number of thiophene rings is 1. The molecule has 0 spiro atoms. The van der Waals surface area contributed by atoms with Crippen molar-refractivity contribution in [2.75, 3.05) is 6.54 Å². The molecular weight excluding hydrogens is 322 g/mol. The Morgan fingerprint density at radius 1 is 1.29 bits per heavy atom. The molecule has 0 saturated heterocycles. The maximum atomic E-state index is 12.8. The minimum atomic E-state index is -0.700. The number of rotatable bonds is 6. The topological polar surface area (TPSA) is 58.4 Å². The van der Waals surface area contributed by atoms with Gasteiger partial charge in [-0.2, -0.15) is 5.10 Å². The Hall–Kier alpha value is -2.44. The molecule has 24 heavy (non-hydrogen) atoms. The van der Waals surface area contributed by atoms with Crippen molar-refractivity contribution in [3.8, 4) is 0 Å². The second kappa shape index (κ2) is 7.42. The predicted molar refractivity (Wildman–Crippen MR) is 93.7 cm³/mol. The minimum absolute atomic E-state index is 0.137. The van der Waals surface area contributed by atoms with Gasteiger partial charge in [-0.3, -0.25) is 9.48 Å². The fraction of sp³-hybridized carbons (Fsp3) is 0.222. The van der Waals surface area contributed by atoms with Gasteiger partial charge in [0, 0.05) is 24.7 Å². The Balaban J connectivity index is 1.81. The average Bonchev–Trinajstić information content (AvgIpc) is 3.26. The van der Waals surface area contributed by atoms with E-state index in [2.05, 4.69) is 5.10 Å². The molecule has 3 rings (SSSR count). The average molecular weight is 341 g/mol. The van der Waals surface area contributed by atoms with Crippen molar-refractivity contribution in [1.82, 2.24) is 14.7 Å². The zero-order valence-corrected chi connectivity index (χ0v) is 14.2. The maximum absolute atomic E-state index is 12.8. The van der Waals surface area contributed by atoms with Gasteiger partial charge in [-0.25, -0.2) is 0 Å². The number of benzene rings is 1. The highest BCUT2D eigenvalue weighted by Gasteiger charge is 2.22. The molecule has 1 amide bonds. The van der Waals surface area contributed by atoms with Crippen molar-refractivity contribution < 1.29 is 9.90 Å². The summed E-state index contributed by atoms with van der Waals surface area (Å²) in [5.74, 6) is -0.137. The molecule has 0 unspecified atom stereocenters. The van der Waals surface area contributed by atoms with Crippen LogP contribution in [0, 0.1) is 0 Å². The van der Waals surface area contributed by atoms with E-state index in [1.165, 1.54) is 11.3 Å². The van der Waals surface area contributed by atoms with Crippen LogP contribution in [0.3, 0.4) is 0 Å². The molecule has 1 N–H and O–H groups in total. The molecule has 1 aromatic carbocycles. The van der Waals surface area contributed by atoms with Crippen LogP contribution in [0.2, 0.25) is 0 Å². The van der Waals surface area contributed by atoms with E-state index >= 15 is 0 Å². The number of aliphatic hydroxyl groups is 1. The molecule has 1 atom stereocenters. The summed E-state index contributed by atoms with van der Waals surface area (Å²) in [4.78, 5) is 15.3. The predicted octanol–water partition coefficient (Wildman–Crippen LogP) is 2.86. The Bertz CT molecular complexity index is 784. The number of carbonyl (C=O) groups is 1. The zero-order valence-electron chi connectivity index (χ0n) is 13.4. The van der Waals surface area contributed by atoms with Gasteiger partial charge >= 0.3 is 0 Å². The first-order valence-electron chi connectivity index (χ1n) is 7.67. The van der Waals surface area contributed by atoms with Crippen LogP contribution in [-0.2, 0) is 13.6 Å². The van der Waals surface area contributed by atoms with E-state index in [-0.39, 0.29) is 12.5 Å². The summed E-state index contributed by atoms with van der Waals surface area (Å²) in [6, 6.07) is 13.5. The van der Waals surface area contributed by atoms with E-state index in [9.17, 15) is 9.90 Å². The van der Waals surface area contributed by atoms with Crippen LogP contribution in [0.15, 0.2) is 60.2 Å². The van der Waals surface area contributed by atoms with E-state index in [0.717, 1.165) is 10.4 Å². The zero-order chi connectivity index (χ0) is 16.9. The van der Waals surface area contributed by atoms with Gasteiger partial charge in [-0.15, -0.1) is 11.3 Å². The number of hydrogen-bond acceptors (Lipinski definition) is 4. The highest BCUT2D eigenvalue weighted by molar-refractivity contribution is 7.10. The van der Waals surface area contributed by atoms with E-state index < -0.39 is 6.10 Å². The largest absolute Gasteiger partial charge is 0.386 e. The first-order chi connectivity index (χ1) is 11.6. The van der Waals surface area contributed by atoms with E-state index in [4.69, 9.17) is 0 Å². The lowest BCUT2D eigenvalue weighted by Gasteiger charge is -2.24. The standard InChI is InChI=1S/C18H19N3O2S/c1-20-12-15(10-19-20)18(23)21(11-14-6-3-2-4-7-14)13-16(22)17-8-5-9-24-17/h2-10,12,16,22H,11,13H2,1H3/t16-/m0/s1. The van der Waals surface area contributed by atoms with Crippen molar-refractivity contribution in [2.24, 2.45) is 7.05 Å². The van der Waals surface area contributed by atoms with Gasteiger partial charge in [-0.1, -0.05) is 36.4 Å². The van der Waals surface area contributed by atoms with Crippen molar-refractivity contribution in [3.05, 3.63) is 76.2 Å². The lowest BCUT2D eigenvalue weighted by Crippen LogP contribution is -2.34. The first-order valence-corrected chi connectivity index (χ1v) is 8.55. The molecule has 0 aliphatic carbocycles. The van der Waals surface area contributed by atoms with E-state index in [1.807, 2.05) is 47.8 Å². The van der Waals surface area contributed by atoms with Crippen LogP contribution < -0.4 is 0 Å². The third-order valence-corrected chi connectivity index (χ3v) is 4.69. The molecular formula is C18H19N3O2S. The van der Waals surface area contributed by atoms with Crippen LogP contribution in [0.1, 0.15) is 26.9 Å². The van der Waals surface area contributed by atoms with Crippen molar-refractivity contribution in [3.63, 3.8) is 0 Å². The monoisotopic (exact) mass is 341 g/mol. The molecule has 6 heteroatoms. The fourth-order valence-corrected chi connectivity index (χ4v) is 3.22. The maximum Gasteiger partial charge on any atom is 0.257 e. The molecule has 0 radical (unpaired) electrons. The van der Waals surface area contributed by atoms with Gasteiger partial charge < -0.3 is 10.0 Å². The van der Waals surface area contributed by atoms with Gasteiger partial charge in [0.25, 0.3) is 5.91 Å². The molecule has 2 heterocycles. The van der Waals surface area contributed by atoms with Crippen LogP contribution in [0.25, 0.3) is 0 Å². The van der Waals surface area contributed by atoms with Crippen LogP contribution in [0.5, 0.6) is 0 Å². The van der Waals surface area contributed by atoms with Crippen molar-refractivity contribution in [1.29, 1.82) is 0 Å².